The maximum atomic E-state index is 17.3. The largest absolute Gasteiger partial charge is 1.00 e. The number of Topliss-reactive ketones (excluding diaryl/α,β-unsaturated/α-hetero) is 1. The number of aliphatic hydroxyl groups excluding tert-OH is 4. The molecule has 0 unspecified atom stereocenters. The molecule has 11 nitrogen and oxygen atoms in total. The van der Waals surface area contributed by atoms with Gasteiger partial charge in [0.05, 0.1) is 12.1 Å². The van der Waals surface area contributed by atoms with Crippen molar-refractivity contribution < 1.29 is 88.4 Å². The van der Waals surface area contributed by atoms with Gasteiger partial charge in [-0.2, -0.15) is 0 Å². The summed E-state index contributed by atoms with van der Waals surface area (Å²) in [5.74, 6) is -4.85. The minimum absolute atomic E-state index is 0. The fourth-order valence-corrected chi connectivity index (χ4v) is 8.59. The molecule has 4 fully saturated rings. The van der Waals surface area contributed by atoms with Crippen LogP contribution in [0, 0.1) is 28.6 Å². The molecule has 0 aromatic carbocycles. The molecule has 1 heterocycles. The van der Waals surface area contributed by atoms with Gasteiger partial charge >= 0.3 is 29.6 Å². The minimum Gasteiger partial charge on any atom is -0.547 e. The summed E-state index contributed by atoms with van der Waals surface area (Å²) in [6.45, 7) is 4.11. The molecule has 41 heavy (non-hydrogen) atoms. The van der Waals surface area contributed by atoms with Gasteiger partial charge in [-0.15, -0.1) is 0 Å². The van der Waals surface area contributed by atoms with Crippen LogP contribution >= 0.6 is 0 Å². The number of rotatable bonds is 5. The van der Waals surface area contributed by atoms with Crippen molar-refractivity contribution in [2.24, 2.45) is 28.6 Å². The third kappa shape index (κ3) is 4.40. The van der Waals surface area contributed by atoms with Crippen LogP contribution in [0.2, 0.25) is 0 Å². The first-order valence-electron chi connectivity index (χ1n) is 13.6. The van der Waals surface area contributed by atoms with Crippen molar-refractivity contribution in [2.75, 3.05) is 6.61 Å². The Morgan fingerprint density at radius 3 is 2.44 bits per heavy atom. The van der Waals surface area contributed by atoms with Crippen molar-refractivity contribution in [3.05, 3.63) is 23.8 Å². The maximum absolute atomic E-state index is 17.3. The first-order chi connectivity index (χ1) is 18.5. The number of carboxylic acids is 1. The quantitative estimate of drug-likeness (QED) is 0.194. The summed E-state index contributed by atoms with van der Waals surface area (Å²) in [5.41, 5.74) is -6.11. The monoisotopic (exact) mass is 590 g/mol. The second-order valence-electron chi connectivity index (χ2n) is 12.6. The predicted octanol–water partition coefficient (Wildman–Crippen LogP) is -4.52. The average molecular weight is 591 g/mol. The van der Waals surface area contributed by atoms with Gasteiger partial charge in [-0.25, -0.2) is 4.39 Å². The van der Waals surface area contributed by atoms with Gasteiger partial charge in [-0.1, -0.05) is 25.5 Å². The van der Waals surface area contributed by atoms with Crippen LogP contribution in [0.1, 0.15) is 46.5 Å². The Balaban J connectivity index is 0.00000387. The third-order valence-electron chi connectivity index (χ3n) is 10.8. The fraction of sp³-hybridized carbons (Fsp3) is 0.750. The van der Waals surface area contributed by atoms with E-state index in [1.807, 2.05) is 0 Å². The van der Waals surface area contributed by atoms with Crippen LogP contribution in [-0.2, 0) is 23.9 Å². The molecule has 222 valence electrons. The average Bonchev–Trinajstić information content (AvgIpc) is 3.09. The predicted molar refractivity (Wildman–Crippen MR) is 130 cm³/mol. The van der Waals surface area contributed by atoms with E-state index >= 15 is 4.39 Å². The van der Waals surface area contributed by atoms with E-state index in [-0.39, 0.29) is 48.2 Å². The topological polar surface area (TPSA) is 194 Å². The second kappa shape index (κ2) is 10.8. The number of fused-ring (bicyclic) bond motifs is 5. The molecule has 5 N–H and O–H groups in total. The Kier molecular flexibility index (Phi) is 8.68. The molecule has 0 amide bonds. The number of alkyl halides is 1. The first kappa shape index (κ1) is 32.8. The van der Waals surface area contributed by atoms with Crippen molar-refractivity contribution in [2.45, 2.75) is 94.5 Å². The SMILES string of the molecule is C[C@H]1C[C@H]2[C@@H]3CCC4=CC(=O)C=C[C@]4(C)[C@@]3(F)[C@@H](O)C[C@]2(C)[C@@]1(O)C(=O)CO[C@@H]1O[C@H](C(=O)[O-])[C@@H](O)[C@H](O)[C@H]1O.[Na+]. The number of allylic oxidation sites excluding steroid dienone is 4. The zero-order valence-electron chi connectivity index (χ0n) is 23.5. The van der Waals surface area contributed by atoms with Gasteiger partial charge in [0, 0.05) is 16.7 Å². The summed E-state index contributed by atoms with van der Waals surface area (Å²) in [6, 6.07) is 0. The van der Waals surface area contributed by atoms with Crippen molar-refractivity contribution in [3.63, 3.8) is 0 Å². The second-order valence-corrected chi connectivity index (χ2v) is 12.6. The Bertz CT molecular complexity index is 1180. The fourth-order valence-electron chi connectivity index (χ4n) is 8.59. The number of carbonyl (C=O) groups is 3. The summed E-state index contributed by atoms with van der Waals surface area (Å²) < 4.78 is 27.6. The Morgan fingerprint density at radius 1 is 1.15 bits per heavy atom. The first-order valence-corrected chi connectivity index (χ1v) is 13.6. The minimum atomic E-state index is -2.14. The van der Waals surface area contributed by atoms with Crippen molar-refractivity contribution >= 4 is 17.5 Å². The normalized spacial score (nSPS) is 50.6. The van der Waals surface area contributed by atoms with Crippen molar-refractivity contribution in [3.8, 4) is 0 Å². The van der Waals surface area contributed by atoms with E-state index in [1.165, 1.54) is 18.2 Å². The van der Waals surface area contributed by atoms with E-state index in [4.69, 9.17) is 9.47 Å². The number of aliphatic carboxylic acids is 1. The number of hydrogen-bond acceptors (Lipinski definition) is 11. The van der Waals surface area contributed by atoms with Crippen LogP contribution in [0.3, 0.4) is 0 Å². The molecule has 3 saturated carbocycles. The Labute approximate surface area is 258 Å². The number of carbonyl (C=O) groups excluding carboxylic acids is 3. The standard InChI is InChI=1S/C28H37FO11.Na/c1-12-8-16-15-5-4-13-9-14(30)6-7-25(13,2)27(15,29)17(31)10-26(16,3)28(12,38)18(32)11-39-24-21(35)19(33)20(34)22(40-24)23(36)37;/h6-7,9,12,15-17,19-22,24,31,33-35,38H,4-5,8,10-11H2,1-3H3,(H,36,37);/q;+1/p-1/t12-,15-,16-,17-,19-,20-,21+,22-,24+,25-,26-,27-,28-;/m0./s1. The Morgan fingerprint density at radius 2 is 1.80 bits per heavy atom. The zero-order valence-corrected chi connectivity index (χ0v) is 25.5. The maximum Gasteiger partial charge on any atom is 1.00 e. The molecular weight excluding hydrogens is 554 g/mol. The van der Waals surface area contributed by atoms with Gasteiger partial charge in [0.25, 0.3) is 0 Å². The van der Waals surface area contributed by atoms with E-state index < -0.39 is 95.0 Å². The number of aliphatic hydroxyl groups is 5. The van der Waals surface area contributed by atoms with Gasteiger partial charge in [0.2, 0.25) is 0 Å². The van der Waals surface area contributed by atoms with Crippen LogP contribution in [0.15, 0.2) is 23.8 Å². The Hall–Kier alpha value is -1.06. The molecule has 5 rings (SSSR count). The summed E-state index contributed by atoms with van der Waals surface area (Å²) in [7, 11) is 0. The van der Waals surface area contributed by atoms with Gasteiger partial charge in [-0.05, 0) is 56.6 Å². The molecule has 5 aliphatic rings. The van der Waals surface area contributed by atoms with Crippen molar-refractivity contribution in [1.29, 1.82) is 0 Å². The number of ketones is 2. The molecule has 0 bridgehead atoms. The number of halogens is 1. The molecule has 13 atom stereocenters. The molecule has 0 aromatic rings. The molecule has 0 radical (unpaired) electrons. The molecule has 1 aliphatic heterocycles. The molecule has 13 heteroatoms. The van der Waals surface area contributed by atoms with Crippen LogP contribution in [0.4, 0.5) is 4.39 Å². The number of carboxylic acid groups (broad SMARTS) is 1. The number of ether oxygens (including phenoxy) is 2. The van der Waals surface area contributed by atoms with Crippen LogP contribution in [0.25, 0.3) is 0 Å². The molecular formula is C28H36FNaO11. The molecule has 0 spiro atoms. The summed E-state index contributed by atoms with van der Waals surface area (Å²) in [6.07, 6.45) is -6.26. The van der Waals surface area contributed by atoms with E-state index in [0.29, 0.717) is 18.4 Å². The van der Waals surface area contributed by atoms with Crippen LogP contribution in [0.5, 0.6) is 0 Å². The van der Waals surface area contributed by atoms with Gasteiger partial charge in [-0.3, -0.25) is 9.59 Å². The van der Waals surface area contributed by atoms with E-state index in [2.05, 4.69) is 0 Å². The summed E-state index contributed by atoms with van der Waals surface area (Å²) in [5, 5.41) is 64.7. The van der Waals surface area contributed by atoms with E-state index in [9.17, 15) is 45.0 Å². The molecule has 0 aromatic heterocycles. The van der Waals surface area contributed by atoms with Gasteiger partial charge in [0.15, 0.2) is 23.5 Å². The van der Waals surface area contributed by atoms with Crippen molar-refractivity contribution in [1.82, 2.24) is 0 Å². The third-order valence-corrected chi connectivity index (χ3v) is 10.8. The summed E-state index contributed by atoms with van der Waals surface area (Å²) in [4.78, 5) is 36.9. The van der Waals surface area contributed by atoms with Gasteiger partial charge < -0.3 is 44.9 Å². The smallest absolute Gasteiger partial charge is 0.547 e. The molecule has 4 aliphatic carbocycles. The van der Waals surface area contributed by atoms with Crippen LogP contribution in [-0.4, -0.2) is 97.8 Å². The number of hydrogen-bond donors (Lipinski definition) is 5. The summed E-state index contributed by atoms with van der Waals surface area (Å²) >= 11 is 0. The van der Waals surface area contributed by atoms with Gasteiger partial charge in [0.1, 0.15) is 36.6 Å². The zero-order chi connectivity index (χ0) is 29.6. The van der Waals surface area contributed by atoms with Crippen LogP contribution < -0.4 is 34.7 Å². The van der Waals surface area contributed by atoms with E-state index in [1.54, 1.807) is 20.8 Å². The van der Waals surface area contributed by atoms with E-state index in [0.717, 1.165) is 0 Å². The molecule has 1 saturated heterocycles.